The molecule has 0 saturated carbocycles. The highest BCUT2D eigenvalue weighted by Crippen LogP contribution is 2.22. The van der Waals surface area contributed by atoms with Gasteiger partial charge in [-0.1, -0.05) is 0 Å². The van der Waals surface area contributed by atoms with Gasteiger partial charge in [0.1, 0.15) is 0 Å². The summed E-state index contributed by atoms with van der Waals surface area (Å²) in [5.41, 5.74) is 7.05. The molecule has 1 heterocycles. The molecule has 21 heavy (non-hydrogen) atoms. The first-order valence-corrected chi connectivity index (χ1v) is 8.67. The Morgan fingerprint density at radius 3 is 2.86 bits per heavy atom. The minimum Gasteiger partial charge on any atom is -0.462 e. The molecule has 1 atom stereocenters. The number of hydrogen-bond donors (Lipinski definition) is 2. The molecule has 0 aromatic heterocycles. The molecule has 1 saturated heterocycles. The Kier molecular flexibility index (Phi) is 4.72. The maximum Gasteiger partial charge on any atom is 0.340 e. The number of ether oxygens (including phenoxy) is 1. The van der Waals surface area contributed by atoms with Gasteiger partial charge in [-0.25, -0.2) is 13.2 Å². The van der Waals surface area contributed by atoms with Gasteiger partial charge in [-0.2, -0.15) is 0 Å². The van der Waals surface area contributed by atoms with E-state index in [0.29, 0.717) is 30.8 Å². The number of benzene rings is 1. The summed E-state index contributed by atoms with van der Waals surface area (Å²) in [5, 5.41) is 2.70. The number of nitrogen functional groups attached to an aromatic ring is 1. The molecular weight excluding hydrogens is 292 g/mol. The summed E-state index contributed by atoms with van der Waals surface area (Å²) in [5.74, 6) is -0.220. The molecule has 3 N–H and O–H groups in total. The number of nitrogens with two attached hydrogens (primary N) is 1. The van der Waals surface area contributed by atoms with E-state index in [1.807, 2.05) is 0 Å². The number of carbonyl (C=O) groups is 1. The summed E-state index contributed by atoms with van der Waals surface area (Å²) in [6, 6.07) is 4.92. The van der Waals surface area contributed by atoms with Crippen LogP contribution in [0.2, 0.25) is 0 Å². The first-order chi connectivity index (χ1) is 9.94. The maximum absolute atomic E-state index is 11.8. The molecule has 0 amide bonds. The Morgan fingerprint density at radius 1 is 1.48 bits per heavy atom. The van der Waals surface area contributed by atoms with Crippen molar-refractivity contribution in [3.8, 4) is 0 Å². The SMILES string of the molecule is CCOC(=O)c1cc(NCC2CCCS2(=O)=O)ccc1N. The van der Waals surface area contributed by atoms with Crippen molar-refractivity contribution in [3.05, 3.63) is 23.8 Å². The van der Waals surface area contributed by atoms with Crippen LogP contribution in [0.5, 0.6) is 0 Å². The van der Waals surface area contributed by atoms with Gasteiger partial charge in [-0.05, 0) is 38.0 Å². The van der Waals surface area contributed by atoms with Gasteiger partial charge in [0.25, 0.3) is 0 Å². The fourth-order valence-corrected chi connectivity index (χ4v) is 4.14. The number of carbonyl (C=O) groups excluding carboxylic acids is 1. The monoisotopic (exact) mass is 312 g/mol. The summed E-state index contributed by atoms with van der Waals surface area (Å²) >= 11 is 0. The third-order valence-electron chi connectivity index (χ3n) is 3.55. The Labute approximate surface area is 124 Å². The summed E-state index contributed by atoms with van der Waals surface area (Å²) in [7, 11) is -2.98. The van der Waals surface area contributed by atoms with E-state index >= 15 is 0 Å². The molecule has 0 aliphatic carbocycles. The molecule has 1 aromatic rings. The molecule has 1 aromatic carbocycles. The Morgan fingerprint density at radius 2 is 2.24 bits per heavy atom. The van der Waals surface area contributed by atoms with Crippen molar-refractivity contribution >= 4 is 27.2 Å². The van der Waals surface area contributed by atoms with Gasteiger partial charge in [0.05, 0.1) is 23.2 Å². The van der Waals surface area contributed by atoms with Crippen LogP contribution in [0, 0.1) is 0 Å². The number of nitrogens with one attached hydrogen (secondary N) is 1. The molecule has 2 rings (SSSR count). The first kappa shape index (κ1) is 15.6. The predicted octanol–water partition coefficient (Wildman–Crippen LogP) is 1.43. The summed E-state index contributed by atoms with van der Waals surface area (Å²) in [6.07, 6.45) is 1.39. The van der Waals surface area contributed by atoms with Gasteiger partial charge >= 0.3 is 5.97 Å². The van der Waals surface area contributed by atoms with Crippen LogP contribution < -0.4 is 11.1 Å². The zero-order chi connectivity index (χ0) is 15.5. The zero-order valence-corrected chi connectivity index (χ0v) is 12.8. The standard InChI is InChI=1S/C14H20N2O4S/c1-2-20-14(17)12-8-10(5-6-13(12)15)16-9-11-4-3-7-21(11,18)19/h5-6,8,11,16H,2-4,7,9,15H2,1H3. The molecule has 1 aliphatic heterocycles. The van der Waals surface area contributed by atoms with Gasteiger partial charge in [0.15, 0.2) is 9.84 Å². The number of sulfone groups is 1. The molecule has 7 heteroatoms. The fourth-order valence-electron chi connectivity index (χ4n) is 2.37. The van der Waals surface area contributed by atoms with Crippen LogP contribution in [0.3, 0.4) is 0 Å². The van der Waals surface area contributed by atoms with Gasteiger partial charge in [0.2, 0.25) is 0 Å². The molecule has 1 aliphatic rings. The van der Waals surface area contributed by atoms with E-state index in [-0.39, 0.29) is 23.2 Å². The van der Waals surface area contributed by atoms with Gasteiger partial charge in [-0.15, -0.1) is 0 Å². The molecular formula is C14H20N2O4S. The average molecular weight is 312 g/mol. The lowest BCUT2D eigenvalue weighted by Crippen LogP contribution is -2.25. The molecule has 1 unspecified atom stereocenters. The number of esters is 1. The van der Waals surface area contributed by atoms with Crippen LogP contribution in [-0.2, 0) is 14.6 Å². The van der Waals surface area contributed by atoms with Crippen LogP contribution in [0.25, 0.3) is 0 Å². The third kappa shape index (κ3) is 3.66. The van der Waals surface area contributed by atoms with Crippen molar-refractivity contribution in [1.29, 1.82) is 0 Å². The molecule has 116 valence electrons. The van der Waals surface area contributed by atoms with E-state index < -0.39 is 15.8 Å². The van der Waals surface area contributed by atoms with Crippen LogP contribution in [0.1, 0.15) is 30.1 Å². The lowest BCUT2D eigenvalue weighted by molar-refractivity contribution is 0.0527. The van der Waals surface area contributed by atoms with E-state index in [4.69, 9.17) is 10.5 Å². The Balaban J connectivity index is 2.07. The van der Waals surface area contributed by atoms with Crippen LogP contribution in [0.4, 0.5) is 11.4 Å². The van der Waals surface area contributed by atoms with Crippen molar-refractivity contribution in [2.75, 3.05) is 30.0 Å². The van der Waals surface area contributed by atoms with E-state index in [1.165, 1.54) is 0 Å². The topological polar surface area (TPSA) is 98.5 Å². The van der Waals surface area contributed by atoms with Gasteiger partial charge < -0.3 is 15.8 Å². The van der Waals surface area contributed by atoms with Crippen LogP contribution in [-0.4, -0.2) is 38.5 Å². The highest BCUT2D eigenvalue weighted by Gasteiger charge is 2.30. The number of rotatable bonds is 5. The average Bonchev–Trinajstić information content (AvgIpc) is 2.77. The van der Waals surface area contributed by atoms with Gasteiger partial charge in [-0.3, -0.25) is 0 Å². The van der Waals surface area contributed by atoms with Crippen LogP contribution >= 0.6 is 0 Å². The van der Waals surface area contributed by atoms with Crippen molar-refractivity contribution in [2.24, 2.45) is 0 Å². The van der Waals surface area contributed by atoms with Crippen molar-refractivity contribution in [2.45, 2.75) is 25.0 Å². The third-order valence-corrected chi connectivity index (χ3v) is 5.82. The quantitative estimate of drug-likeness (QED) is 0.630. The molecule has 0 radical (unpaired) electrons. The summed E-state index contributed by atoms with van der Waals surface area (Å²) < 4.78 is 28.5. The lowest BCUT2D eigenvalue weighted by atomic mass is 10.1. The summed E-state index contributed by atoms with van der Waals surface area (Å²) in [6.45, 7) is 2.34. The second kappa shape index (κ2) is 6.34. The Bertz CT molecular complexity index is 628. The van der Waals surface area contributed by atoms with Crippen molar-refractivity contribution in [3.63, 3.8) is 0 Å². The smallest absolute Gasteiger partial charge is 0.340 e. The first-order valence-electron chi connectivity index (χ1n) is 6.96. The minimum absolute atomic E-state index is 0.259. The normalized spacial score (nSPS) is 20.1. The predicted molar refractivity (Wildman–Crippen MR) is 82.1 cm³/mol. The highest BCUT2D eigenvalue weighted by atomic mass is 32.2. The second-order valence-electron chi connectivity index (χ2n) is 5.03. The molecule has 6 nitrogen and oxygen atoms in total. The highest BCUT2D eigenvalue weighted by molar-refractivity contribution is 7.92. The minimum atomic E-state index is -2.98. The van der Waals surface area contributed by atoms with Gasteiger partial charge in [0, 0.05) is 17.9 Å². The van der Waals surface area contributed by atoms with E-state index in [2.05, 4.69) is 5.32 Å². The zero-order valence-electron chi connectivity index (χ0n) is 12.0. The molecule has 0 spiro atoms. The van der Waals surface area contributed by atoms with Crippen molar-refractivity contribution in [1.82, 2.24) is 0 Å². The van der Waals surface area contributed by atoms with Crippen molar-refractivity contribution < 1.29 is 17.9 Å². The number of hydrogen-bond acceptors (Lipinski definition) is 6. The maximum atomic E-state index is 11.8. The Hall–Kier alpha value is -1.76. The fraction of sp³-hybridized carbons (Fsp3) is 0.500. The van der Waals surface area contributed by atoms with Crippen LogP contribution in [0.15, 0.2) is 18.2 Å². The largest absolute Gasteiger partial charge is 0.462 e. The second-order valence-corrected chi connectivity index (χ2v) is 7.44. The molecule has 1 fully saturated rings. The summed E-state index contributed by atoms with van der Waals surface area (Å²) in [4.78, 5) is 11.8. The lowest BCUT2D eigenvalue weighted by Gasteiger charge is -2.13. The molecule has 0 bridgehead atoms. The van der Waals surface area contributed by atoms with E-state index in [1.54, 1.807) is 25.1 Å². The van der Waals surface area contributed by atoms with E-state index in [0.717, 1.165) is 0 Å². The number of anilines is 2. The van der Waals surface area contributed by atoms with E-state index in [9.17, 15) is 13.2 Å².